The third-order valence-corrected chi connectivity index (χ3v) is 6.74. The topological polar surface area (TPSA) is 55.8 Å². The largest absolute Gasteiger partial charge is 0.462 e. The van der Waals surface area contributed by atoms with E-state index in [0.29, 0.717) is 0 Å². The minimum absolute atomic E-state index is 0.0123. The fourth-order valence-electron chi connectivity index (χ4n) is 5.34. The highest BCUT2D eigenvalue weighted by molar-refractivity contribution is 5.75. The van der Waals surface area contributed by atoms with Crippen LogP contribution in [0.2, 0.25) is 0 Å². The van der Waals surface area contributed by atoms with Crippen LogP contribution in [0.25, 0.3) is 0 Å². The molecule has 2 unspecified atom stereocenters. The number of hydrogen-bond acceptors (Lipinski definition) is 4. The highest BCUT2D eigenvalue weighted by Gasteiger charge is 2.54. The molecule has 5 aliphatic rings. The summed E-state index contributed by atoms with van der Waals surface area (Å²) in [6, 6.07) is 0. The summed E-state index contributed by atoms with van der Waals surface area (Å²) < 4.78 is 11.6. The first-order valence-electron chi connectivity index (χ1n) is 9.74. The van der Waals surface area contributed by atoms with Crippen LogP contribution in [-0.2, 0) is 14.3 Å². The van der Waals surface area contributed by atoms with Gasteiger partial charge in [-0.1, -0.05) is 32.1 Å². The van der Waals surface area contributed by atoms with Gasteiger partial charge in [0.05, 0.1) is 18.3 Å². The zero-order valence-corrected chi connectivity index (χ0v) is 14.0. The number of carbonyl (C=O) groups is 1. The van der Waals surface area contributed by atoms with Crippen LogP contribution in [0.3, 0.4) is 0 Å². The molecule has 2 bridgehead atoms. The molecule has 130 valence electrons. The van der Waals surface area contributed by atoms with Crippen molar-refractivity contribution in [3.8, 4) is 0 Å². The van der Waals surface area contributed by atoms with Gasteiger partial charge in [-0.3, -0.25) is 4.79 Å². The Labute approximate surface area is 138 Å². The Kier molecular flexibility index (Phi) is 4.64. The molecule has 3 saturated carbocycles. The Hall–Kier alpha value is -0.610. The second-order valence-corrected chi connectivity index (χ2v) is 8.24. The van der Waals surface area contributed by atoms with Crippen LogP contribution in [-0.4, -0.2) is 35.5 Å². The summed E-state index contributed by atoms with van der Waals surface area (Å²) in [6.45, 7) is 0. The van der Waals surface area contributed by atoms with E-state index in [2.05, 4.69) is 0 Å². The SMILES string of the molecule is O=C(OC1CCC(O)CC1)C1C2CC(C3CCCCC3)CC1O2. The first-order valence-corrected chi connectivity index (χ1v) is 9.74. The Morgan fingerprint density at radius 2 is 1.52 bits per heavy atom. The summed E-state index contributed by atoms with van der Waals surface area (Å²) in [5, 5.41) is 9.55. The molecule has 1 N–H and O–H groups in total. The molecule has 5 fully saturated rings. The molecule has 4 heteroatoms. The molecule has 5 rings (SSSR count). The second-order valence-electron chi connectivity index (χ2n) is 8.24. The van der Waals surface area contributed by atoms with Gasteiger partial charge in [-0.25, -0.2) is 0 Å². The number of carbonyl (C=O) groups excluding carboxylic acids is 1. The zero-order valence-electron chi connectivity index (χ0n) is 14.0. The van der Waals surface area contributed by atoms with E-state index in [1.54, 1.807) is 0 Å². The van der Waals surface area contributed by atoms with Gasteiger partial charge < -0.3 is 14.6 Å². The Bertz CT molecular complexity index is 411. The molecular weight excluding hydrogens is 292 g/mol. The predicted octanol–water partition coefficient (Wildman–Crippen LogP) is 3.21. The first kappa shape index (κ1) is 15.9. The third-order valence-electron chi connectivity index (χ3n) is 6.74. The van der Waals surface area contributed by atoms with Crippen molar-refractivity contribution in [3.05, 3.63) is 0 Å². The van der Waals surface area contributed by atoms with Crippen molar-refractivity contribution in [3.63, 3.8) is 0 Å². The Balaban J connectivity index is 1.28. The Morgan fingerprint density at radius 3 is 2.17 bits per heavy atom. The van der Waals surface area contributed by atoms with Crippen molar-refractivity contribution >= 4 is 5.97 Å². The van der Waals surface area contributed by atoms with Crippen molar-refractivity contribution in [1.29, 1.82) is 0 Å². The maximum absolute atomic E-state index is 12.5. The molecule has 0 amide bonds. The molecule has 0 spiro atoms. The van der Waals surface area contributed by atoms with Crippen LogP contribution < -0.4 is 0 Å². The van der Waals surface area contributed by atoms with Gasteiger partial charge in [0.25, 0.3) is 0 Å². The summed E-state index contributed by atoms with van der Waals surface area (Å²) in [5.74, 6) is 1.60. The molecule has 23 heavy (non-hydrogen) atoms. The van der Waals surface area contributed by atoms with E-state index in [1.165, 1.54) is 32.1 Å². The number of aliphatic hydroxyl groups excluding tert-OH is 1. The van der Waals surface area contributed by atoms with Gasteiger partial charge in [-0.2, -0.15) is 0 Å². The quantitative estimate of drug-likeness (QED) is 0.811. The summed E-state index contributed by atoms with van der Waals surface area (Å²) >= 11 is 0. The first-order chi connectivity index (χ1) is 11.2. The van der Waals surface area contributed by atoms with E-state index in [9.17, 15) is 9.90 Å². The number of hydrogen-bond donors (Lipinski definition) is 1. The van der Waals surface area contributed by atoms with Gasteiger partial charge in [0.15, 0.2) is 0 Å². The summed E-state index contributed by atoms with van der Waals surface area (Å²) in [5.41, 5.74) is 0. The number of aliphatic hydroxyl groups is 1. The van der Waals surface area contributed by atoms with Crippen molar-refractivity contribution in [2.24, 2.45) is 17.8 Å². The summed E-state index contributed by atoms with van der Waals surface area (Å²) in [4.78, 5) is 12.5. The number of ether oxygens (including phenoxy) is 2. The van der Waals surface area contributed by atoms with E-state index in [1.807, 2.05) is 0 Å². The van der Waals surface area contributed by atoms with Gasteiger partial charge in [-0.15, -0.1) is 0 Å². The van der Waals surface area contributed by atoms with Gasteiger partial charge in [0.2, 0.25) is 0 Å². The average molecular weight is 322 g/mol. The van der Waals surface area contributed by atoms with Crippen LogP contribution in [0.1, 0.15) is 70.6 Å². The zero-order chi connectivity index (χ0) is 15.8. The average Bonchev–Trinajstić information content (AvgIpc) is 2.58. The maximum atomic E-state index is 12.5. The van der Waals surface area contributed by atoms with E-state index in [-0.39, 0.29) is 36.3 Å². The second kappa shape index (κ2) is 6.72. The molecular formula is C19H30O4. The summed E-state index contributed by atoms with van der Waals surface area (Å²) in [6.07, 6.45) is 12.2. The fourth-order valence-corrected chi connectivity index (χ4v) is 5.34. The van der Waals surface area contributed by atoms with Crippen LogP contribution in [0.4, 0.5) is 0 Å². The van der Waals surface area contributed by atoms with Crippen LogP contribution in [0.5, 0.6) is 0 Å². The fraction of sp³-hybridized carbons (Fsp3) is 0.947. The monoisotopic (exact) mass is 322 g/mol. The maximum Gasteiger partial charge on any atom is 0.314 e. The molecule has 2 aliphatic heterocycles. The highest BCUT2D eigenvalue weighted by Crippen LogP contribution is 2.48. The van der Waals surface area contributed by atoms with Gasteiger partial charge >= 0.3 is 5.97 Å². The lowest BCUT2D eigenvalue weighted by Crippen LogP contribution is -2.59. The molecule has 0 aromatic carbocycles. The lowest BCUT2D eigenvalue weighted by Gasteiger charge is -2.52. The van der Waals surface area contributed by atoms with Crippen molar-refractivity contribution in [2.75, 3.05) is 0 Å². The van der Waals surface area contributed by atoms with Crippen molar-refractivity contribution in [1.82, 2.24) is 0 Å². The molecule has 2 atom stereocenters. The predicted molar refractivity (Wildman–Crippen MR) is 85.8 cm³/mol. The van der Waals surface area contributed by atoms with Gasteiger partial charge in [-0.05, 0) is 50.4 Å². The molecule has 3 aliphatic carbocycles. The molecule has 0 radical (unpaired) electrons. The van der Waals surface area contributed by atoms with E-state index >= 15 is 0 Å². The molecule has 2 heterocycles. The summed E-state index contributed by atoms with van der Waals surface area (Å²) in [7, 11) is 0. The standard InChI is InChI=1S/C19H30O4/c20-14-6-8-15(9-7-14)22-19(21)18-16-10-13(11-17(18)23-16)12-4-2-1-3-5-12/h12-18,20H,1-11H2. The number of fused-ring (bicyclic) bond motifs is 2. The van der Waals surface area contributed by atoms with Crippen LogP contribution >= 0.6 is 0 Å². The number of rotatable bonds is 3. The van der Waals surface area contributed by atoms with Gasteiger partial charge in [0.1, 0.15) is 12.0 Å². The smallest absolute Gasteiger partial charge is 0.314 e. The molecule has 2 saturated heterocycles. The van der Waals surface area contributed by atoms with Crippen LogP contribution in [0, 0.1) is 17.8 Å². The molecule has 4 nitrogen and oxygen atoms in total. The third kappa shape index (κ3) is 3.30. The van der Waals surface area contributed by atoms with Crippen molar-refractivity contribution < 1.29 is 19.4 Å². The van der Waals surface area contributed by atoms with Crippen molar-refractivity contribution in [2.45, 2.75) is 95.0 Å². The van der Waals surface area contributed by atoms with E-state index in [4.69, 9.17) is 9.47 Å². The van der Waals surface area contributed by atoms with Crippen LogP contribution in [0.15, 0.2) is 0 Å². The number of esters is 1. The van der Waals surface area contributed by atoms with Gasteiger partial charge in [0, 0.05) is 0 Å². The minimum atomic E-state index is -0.201. The lowest BCUT2D eigenvalue weighted by molar-refractivity contribution is -0.243. The lowest BCUT2D eigenvalue weighted by atomic mass is 9.66. The highest BCUT2D eigenvalue weighted by atomic mass is 16.6. The molecule has 0 aromatic rings. The Morgan fingerprint density at radius 1 is 0.870 bits per heavy atom. The van der Waals surface area contributed by atoms with E-state index in [0.717, 1.165) is 50.4 Å². The minimum Gasteiger partial charge on any atom is -0.462 e. The normalized spacial score (nSPS) is 44.4. The van der Waals surface area contributed by atoms with E-state index < -0.39 is 0 Å². The molecule has 0 aromatic heterocycles.